The summed E-state index contributed by atoms with van der Waals surface area (Å²) in [6.45, 7) is 3.67. The normalized spacial score (nSPS) is 11.1. The van der Waals surface area contributed by atoms with Crippen LogP contribution in [0.15, 0.2) is 60.7 Å². The second-order valence-corrected chi connectivity index (χ2v) is 7.29. The van der Waals surface area contributed by atoms with Gasteiger partial charge in [-0.25, -0.2) is 9.78 Å². The Hall–Kier alpha value is -3.95. The Labute approximate surface area is 188 Å². The van der Waals surface area contributed by atoms with Crippen LogP contribution in [0.1, 0.15) is 34.1 Å². The van der Waals surface area contributed by atoms with Gasteiger partial charge in [-0.05, 0) is 74.3 Å². The second kappa shape index (κ2) is 10.4. The maximum absolute atomic E-state index is 12.3. The summed E-state index contributed by atoms with van der Waals surface area (Å²) in [5, 5.41) is 5.71. The summed E-state index contributed by atoms with van der Waals surface area (Å²) >= 11 is 0. The van der Waals surface area contributed by atoms with Crippen LogP contribution >= 0.6 is 0 Å². The van der Waals surface area contributed by atoms with Crippen LogP contribution in [0.25, 0.3) is 11.1 Å². The number of nitrogens with one attached hydrogen (secondary N) is 2. The van der Waals surface area contributed by atoms with Crippen LogP contribution in [0.5, 0.6) is 0 Å². The first kappa shape index (κ1) is 22.7. The molecule has 0 bridgehead atoms. The van der Waals surface area contributed by atoms with Gasteiger partial charge in [0, 0.05) is 11.1 Å². The summed E-state index contributed by atoms with van der Waals surface area (Å²) in [7, 11) is 3.07. The summed E-state index contributed by atoms with van der Waals surface area (Å²) in [4.78, 5) is 29.0. The van der Waals surface area contributed by atoms with Crippen molar-refractivity contribution >= 4 is 17.7 Å². The number of methoxy groups -OCH3 is 1. The van der Waals surface area contributed by atoms with Crippen molar-refractivity contribution in [2.75, 3.05) is 19.5 Å². The fraction of sp³-hybridized carbons (Fsp3) is 0.192. The van der Waals surface area contributed by atoms with Crippen LogP contribution in [0.3, 0.4) is 0 Å². The van der Waals surface area contributed by atoms with Crippen molar-refractivity contribution in [3.8, 4) is 23.0 Å². The van der Waals surface area contributed by atoms with E-state index < -0.39 is 5.97 Å². The molecule has 0 aliphatic rings. The Balaban J connectivity index is 2.09. The van der Waals surface area contributed by atoms with E-state index in [1.807, 2.05) is 49.4 Å². The molecule has 1 heterocycles. The molecule has 2 N–H and O–H groups in total. The molecule has 1 atom stereocenters. The molecule has 162 valence electrons. The highest BCUT2D eigenvalue weighted by Gasteiger charge is 2.15. The van der Waals surface area contributed by atoms with E-state index in [-0.39, 0.29) is 11.9 Å². The van der Waals surface area contributed by atoms with E-state index in [4.69, 9.17) is 4.74 Å². The molecule has 0 saturated carbocycles. The summed E-state index contributed by atoms with van der Waals surface area (Å²) in [6, 6.07) is 18.3. The van der Waals surface area contributed by atoms with Crippen molar-refractivity contribution in [3.63, 3.8) is 0 Å². The van der Waals surface area contributed by atoms with Gasteiger partial charge in [-0.2, -0.15) is 0 Å². The second-order valence-electron chi connectivity index (χ2n) is 7.29. The smallest absolute Gasteiger partial charge is 0.337 e. The molecule has 3 aromatic rings. The minimum Gasteiger partial charge on any atom is -0.465 e. The van der Waals surface area contributed by atoms with Gasteiger partial charge >= 0.3 is 5.97 Å². The van der Waals surface area contributed by atoms with Gasteiger partial charge in [-0.1, -0.05) is 30.2 Å². The molecule has 0 radical (unpaired) electrons. The SMILES string of the molecule is CNC(C)C(=O)Nc1ccc(-c2cc(C)cc(C(=O)OC)c2)c(C#Cc2ccccc2)n1. The molecule has 3 rings (SSSR count). The Morgan fingerprint density at radius 2 is 1.78 bits per heavy atom. The molecule has 0 fully saturated rings. The number of carbonyl (C=O) groups excluding carboxylic acids is 2. The summed E-state index contributed by atoms with van der Waals surface area (Å²) < 4.78 is 4.88. The number of nitrogens with zero attached hydrogens (tertiary/aromatic N) is 1. The molecule has 1 amide bonds. The van der Waals surface area contributed by atoms with Gasteiger partial charge in [0.2, 0.25) is 5.91 Å². The van der Waals surface area contributed by atoms with E-state index in [0.717, 1.165) is 22.3 Å². The predicted molar refractivity (Wildman–Crippen MR) is 125 cm³/mol. The molecular weight excluding hydrogens is 402 g/mol. The first-order chi connectivity index (χ1) is 15.4. The number of anilines is 1. The zero-order chi connectivity index (χ0) is 23.1. The largest absolute Gasteiger partial charge is 0.465 e. The minimum absolute atomic E-state index is 0.196. The standard InChI is InChI=1S/C26H25N3O3/c1-17-14-20(16-21(15-17)26(31)32-4)22-11-13-24(29-25(30)18(2)27-3)28-23(22)12-10-19-8-6-5-7-9-19/h5-9,11,13-16,18,27H,1-4H3,(H,28,29,30). The van der Waals surface area contributed by atoms with Crippen molar-refractivity contribution in [2.24, 2.45) is 0 Å². The lowest BCUT2D eigenvalue weighted by Crippen LogP contribution is -2.35. The number of benzene rings is 2. The zero-order valence-electron chi connectivity index (χ0n) is 18.5. The average Bonchev–Trinajstić information content (AvgIpc) is 2.81. The molecule has 0 saturated heterocycles. The van der Waals surface area contributed by atoms with Crippen LogP contribution in [0, 0.1) is 18.8 Å². The number of hydrogen-bond donors (Lipinski definition) is 2. The fourth-order valence-corrected chi connectivity index (χ4v) is 3.05. The highest BCUT2D eigenvalue weighted by molar-refractivity contribution is 5.94. The first-order valence-electron chi connectivity index (χ1n) is 10.2. The van der Waals surface area contributed by atoms with Crippen LogP contribution in [0.2, 0.25) is 0 Å². The van der Waals surface area contributed by atoms with Gasteiger partial charge in [-0.3, -0.25) is 4.79 Å². The highest BCUT2D eigenvalue weighted by atomic mass is 16.5. The lowest BCUT2D eigenvalue weighted by Gasteiger charge is -2.13. The van der Waals surface area contributed by atoms with E-state index in [2.05, 4.69) is 27.5 Å². The molecule has 0 aliphatic carbocycles. The Kier molecular flexibility index (Phi) is 7.37. The summed E-state index contributed by atoms with van der Waals surface area (Å²) in [5.74, 6) is 6.04. The van der Waals surface area contributed by atoms with Crippen LogP contribution < -0.4 is 10.6 Å². The number of pyridine rings is 1. The summed E-state index contributed by atoms with van der Waals surface area (Å²) in [5.41, 5.74) is 4.23. The Morgan fingerprint density at radius 3 is 2.47 bits per heavy atom. The number of carbonyl (C=O) groups is 2. The number of aryl methyl sites for hydroxylation is 1. The van der Waals surface area contributed by atoms with Crippen LogP contribution in [-0.2, 0) is 9.53 Å². The van der Waals surface area contributed by atoms with E-state index in [1.165, 1.54) is 7.11 Å². The maximum atomic E-state index is 12.3. The number of amides is 1. The van der Waals surface area contributed by atoms with Gasteiger partial charge in [0.15, 0.2) is 0 Å². The van der Waals surface area contributed by atoms with Gasteiger partial charge in [0.05, 0.1) is 18.7 Å². The quantitative estimate of drug-likeness (QED) is 0.478. The molecule has 32 heavy (non-hydrogen) atoms. The lowest BCUT2D eigenvalue weighted by molar-refractivity contribution is -0.117. The van der Waals surface area contributed by atoms with E-state index in [0.29, 0.717) is 17.1 Å². The number of aromatic nitrogens is 1. The molecule has 0 spiro atoms. The van der Waals surface area contributed by atoms with E-state index in [9.17, 15) is 9.59 Å². The lowest BCUT2D eigenvalue weighted by atomic mass is 9.98. The topological polar surface area (TPSA) is 80.3 Å². The third kappa shape index (κ3) is 5.60. The average molecular weight is 428 g/mol. The molecule has 6 nitrogen and oxygen atoms in total. The molecule has 2 aromatic carbocycles. The molecule has 6 heteroatoms. The molecule has 1 aromatic heterocycles. The number of esters is 1. The minimum atomic E-state index is -0.412. The van der Waals surface area contributed by atoms with Crippen molar-refractivity contribution in [1.29, 1.82) is 0 Å². The Morgan fingerprint density at radius 1 is 1.03 bits per heavy atom. The van der Waals surface area contributed by atoms with Crippen molar-refractivity contribution < 1.29 is 14.3 Å². The Bertz CT molecular complexity index is 1190. The van der Waals surface area contributed by atoms with Gasteiger partial charge in [-0.15, -0.1) is 0 Å². The number of hydrogen-bond acceptors (Lipinski definition) is 5. The van der Waals surface area contributed by atoms with Crippen LogP contribution in [-0.4, -0.2) is 37.1 Å². The van der Waals surface area contributed by atoms with Crippen LogP contribution in [0.4, 0.5) is 5.82 Å². The highest BCUT2D eigenvalue weighted by Crippen LogP contribution is 2.26. The molecule has 0 aliphatic heterocycles. The van der Waals surface area contributed by atoms with Gasteiger partial charge < -0.3 is 15.4 Å². The first-order valence-corrected chi connectivity index (χ1v) is 10.2. The number of likely N-dealkylation sites (N-methyl/N-ethyl adjacent to an activating group) is 1. The van der Waals surface area contributed by atoms with E-state index in [1.54, 1.807) is 32.2 Å². The van der Waals surface area contributed by atoms with Gasteiger partial charge in [0.25, 0.3) is 0 Å². The molecular formula is C26H25N3O3. The van der Waals surface area contributed by atoms with E-state index >= 15 is 0 Å². The van der Waals surface area contributed by atoms with Crippen molar-refractivity contribution in [2.45, 2.75) is 19.9 Å². The molecule has 1 unspecified atom stereocenters. The van der Waals surface area contributed by atoms with Gasteiger partial charge in [0.1, 0.15) is 11.5 Å². The number of rotatable bonds is 5. The summed E-state index contributed by atoms with van der Waals surface area (Å²) in [6.07, 6.45) is 0. The zero-order valence-corrected chi connectivity index (χ0v) is 18.5. The van der Waals surface area contributed by atoms with Crippen molar-refractivity contribution in [3.05, 3.63) is 83.0 Å². The number of ether oxygens (including phenoxy) is 1. The van der Waals surface area contributed by atoms with Crippen molar-refractivity contribution in [1.82, 2.24) is 10.3 Å². The predicted octanol–water partition coefficient (Wildman–Crippen LogP) is 3.79. The third-order valence-electron chi connectivity index (χ3n) is 4.88. The monoisotopic (exact) mass is 427 g/mol. The maximum Gasteiger partial charge on any atom is 0.337 e. The fourth-order valence-electron chi connectivity index (χ4n) is 3.05. The third-order valence-corrected chi connectivity index (χ3v) is 4.88.